The first-order chi connectivity index (χ1) is 9.27. The van der Waals surface area contributed by atoms with Gasteiger partial charge in [-0.15, -0.1) is 0 Å². The van der Waals surface area contributed by atoms with E-state index in [9.17, 15) is 4.79 Å². The fourth-order valence-corrected chi connectivity index (χ4v) is 2.10. The molecule has 108 valence electrons. The Bertz CT molecular complexity index is 621. The molecule has 0 aromatic carbocycles. The van der Waals surface area contributed by atoms with Crippen LogP contribution < -0.4 is 5.32 Å². The van der Waals surface area contributed by atoms with Crippen molar-refractivity contribution in [3.63, 3.8) is 0 Å². The summed E-state index contributed by atoms with van der Waals surface area (Å²) in [4.78, 5) is 12.0. The van der Waals surface area contributed by atoms with Crippen molar-refractivity contribution in [2.24, 2.45) is 7.05 Å². The number of hydrogen-bond acceptors (Lipinski definition) is 2. The largest absolute Gasteiger partial charge is 0.345 e. The number of rotatable bonds is 3. The van der Waals surface area contributed by atoms with Gasteiger partial charge in [-0.25, -0.2) is 0 Å². The van der Waals surface area contributed by atoms with Gasteiger partial charge < -0.3 is 9.88 Å². The average molecular weight is 295 g/mol. The Morgan fingerprint density at radius 2 is 2.15 bits per heavy atom. The molecule has 6 heteroatoms. The number of carbonyl (C=O) groups is 1. The van der Waals surface area contributed by atoms with Crippen molar-refractivity contribution in [2.75, 3.05) is 0 Å². The maximum atomic E-state index is 12.0. The van der Waals surface area contributed by atoms with Gasteiger partial charge in [0.1, 0.15) is 5.69 Å². The Morgan fingerprint density at radius 1 is 1.45 bits per heavy atom. The number of amides is 1. The van der Waals surface area contributed by atoms with Crippen molar-refractivity contribution in [3.8, 4) is 0 Å². The standard InChI is InChI=1S/C14H19ClN4O/c1-14(2,3)12-6-10(17-18-12)7-16-13(20)11-5-9(15)8-19(11)4/h5-6,8H,7H2,1-4H3,(H,16,20)(H,17,18). The van der Waals surface area contributed by atoms with Crippen LogP contribution in [0.4, 0.5) is 0 Å². The Hall–Kier alpha value is -1.75. The summed E-state index contributed by atoms with van der Waals surface area (Å²) in [6.45, 7) is 6.69. The first-order valence-electron chi connectivity index (χ1n) is 6.42. The molecule has 5 nitrogen and oxygen atoms in total. The molecule has 0 saturated carbocycles. The highest BCUT2D eigenvalue weighted by Crippen LogP contribution is 2.20. The zero-order chi connectivity index (χ0) is 14.9. The van der Waals surface area contributed by atoms with E-state index in [0.29, 0.717) is 17.3 Å². The highest BCUT2D eigenvalue weighted by atomic mass is 35.5. The van der Waals surface area contributed by atoms with E-state index in [-0.39, 0.29) is 11.3 Å². The number of aryl methyl sites for hydroxylation is 1. The van der Waals surface area contributed by atoms with Gasteiger partial charge in [-0.3, -0.25) is 9.89 Å². The zero-order valence-electron chi connectivity index (χ0n) is 12.1. The van der Waals surface area contributed by atoms with Gasteiger partial charge in [-0.2, -0.15) is 5.10 Å². The molecule has 0 aliphatic rings. The third kappa shape index (κ3) is 3.22. The molecule has 0 radical (unpaired) electrons. The topological polar surface area (TPSA) is 62.7 Å². The summed E-state index contributed by atoms with van der Waals surface area (Å²) in [6, 6.07) is 3.61. The second kappa shape index (κ2) is 5.32. The van der Waals surface area contributed by atoms with Gasteiger partial charge in [0.05, 0.1) is 23.0 Å². The predicted octanol–water partition coefficient (Wildman–Crippen LogP) is 2.63. The first kappa shape index (κ1) is 14.7. The van der Waals surface area contributed by atoms with Crippen LogP contribution in [0.25, 0.3) is 0 Å². The molecule has 0 aliphatic carbocycles. The number of aromatic amines is 1. The fourth-order valence-electron chi connectivity index (χ4n) is 1.85. The van der Waals surface area contributed by atoms with Crippen LogP contribution >= 0.6 is 11.6 Å². The molecule has 0 fully saturated rings. The van der Waals surface area contributed by atoms with Crippen molar-refractivity contribution < 1.29 is 4.79 Å². The van der Waals surface area contributed by atoms with E-state index in [1.165, 1.54) is 0 Å². The van der Waals surface area contributed by atoms with Gasteiger partial charge in [0.15, 0.2) is 0 Å². The van der Waals surface area contributed by atoms with Gasteiger partial charge in [0.2, 0.25) is 0 Å². The van der Waals surface area contributed by atoms with Crippen molar-refractivity contribution in [1.29, 1.82) is 0 Å². The van der Waals surface area contributed by atoms with Gasteiger partial charge in [0, 0.05) is 18.7 Å². The lowest BCUT2D eigenvalue weighted by atomic mass is 9.92. The van der Waals surface area contributed by atoms with Crippen LogP contribution in [-0.4, -0.2) is 20.7 Å². The maximum absolute atomic E-state index is 12.0. The minimum absolute atomic E-state index is 0.00952. The monoisotopic (exact) mass is 294 g/mol. The van der Waals surface area contributed by atoms with E-state index >= 15 is 0 Å². The summed E-state index contributed by atoms with van der Waals surface area (Å²) >= 11 is 5.86. The summed E-state index contributed by atoms with van der Waals surface area (Å²) < 4.78 is 1.70. The van der Waals surface area contributed by atoms with Crippen LogP contribution in [0.3, 0.4) is 0 Å². The quantitative estimate of drug-likeness (QED) is 0.914. The first-order valence-corrected chi connectivity index (χ1v) is 6.80. The van der Waals surface area contributed by atoms with E-state index in [4.69, 9.17) is 11.6 Å². The number of H-pyrrole nitrogens is 1. The van der Waals surface area contributed by atoms with Crippen LogP contribution in [0.2, 0.25) is 5.02 Å². The van der Waals surface area contributed by atoms with E-state index in [1.54, 1.807) is 23.9 Å². The molecule has 0 aliphatic heterocycles. The third-order valence-electron chi connectivity index (χ3n) is 3.04. The van der Waals surface area contributed by atoms with Gasteiger partial charge in [0.25, 0.3) is 5.91 Å². The van der Waals surface area contributed by atoms with Gasteiger partial charge in [-0.05, 0) is 12.1 Å². The van der Waals surface area contributed by atoms with Crippen molar-refractivity contribution in [1.82, 2.24) is 20.1 Å². The van der Waals surface area contributed by atoms with E-state index in [1.807, 2.05) is 6.07 Å². The molecule has 2 aromatic heterocycles. The second-order valence-electron chi connectivity index (χ2n) is 5.87. The molecule has 20 heavy (non-hydrogen) atoms. The zero-order valence-corrected chi connectivity index (χ0v) is 12.9. The lowest BCUT2D eigenvalue weighted by Gasteiger charge is -2.13. The molecule has 0 spiro atoms. The fraction of sp³-hybridized carbons (Fsp3) is 0.429. The molecule has 2 aromatic rings. The van der Waals surface area contributed by atoms with Crippen LogP contribution in [-0.2, 0) is 19.0 Å². The lowest BCUT2D eigenvalue weighted by Crippen LogP contribution is -2.24. The molecular formula is C14H19ClN4O. The number of nitrogens with zero attached hydrogens (tertiary/aromatic N) is 2. The van der Waals surface area contributed by atoms with E-state index in [0.717, 1.165) is 11.4 Å². The lowest BCUT2D eigenvalue weighted by molar-refractivity contribution is 0.0942. The van der Waals surface area contributed by atoms with Crippen molar-refractivity contribution in [2.45, 2.75) is 32.7 Å². The summed E-state index contributed by atoms with van der Waals surface area (Å²) in [5.41, 5.74) is 2.38. The number of nitrogens with one attached hydrogen (secondary N) is 2. The molecule has 0 atom stereocenters. The highest BCUT2D eigenvalue weighted by Gasteiger charge is 2.17. The average Bonchev–Trinajstić information content (AvgIpc) is 2.92. The Labute approximate surface area is 123 Å². The molecule has 0 saturated heterocycles. The van der Waals surface area contributed by atoms with Crippen LogP contribution in [0.1, 0.15) is 42.6 Å². The van der Waals surface area contributed by atoms with Crippen molar-refractivity contribution >= 4 is 17.5 Å². The van der Waals surface area contributed by atoms with Gasteiger partial charge in [-0.1, -0.05) is 32.4 Å². The minimum Gasteiger partial charge on any atom is -0.345 e. The normalized spacial score (nSPS) is 11.7. The molecule has 2 N–H and O–H groups in total. The number of halogens is 1. The van der Waals surface area contributed by atoms with E-state index in [2.05, 4.69) is 36.3 Å². The summed E-state index contributed by atoms with van der Waals surface area (Å²) in [5.74, 6) is -0.161. The Kier molecular flexibility index (Phi) is 3.90. The number of hydrogen-bond donors (Lipinski definition) is 2. The summed E-state index contributed by atoms with van der Waals surface area (Å²) in [5, 5.41) is 10.6. The maximum Gasteiger partial charge on any atom is 0.268 e. The van der Waals surface area contributed by atoms with Crippen LogP contribution in [0.15, 0.2) is 18.3 Å². The van der Waals surface area contributed by atoms with E-state index < -0.39 is 0 Å². The highest BCUT2D eigenvalue weighted by molar-refractivity contribution is 6.31. The third-order valence-corrected chi connectivity index (χ3v) is 3.25. The molecule has 1 amide bonds. The van der Waals surface area contributed by atoms with Crippen LogP contribution in [0, 0.1) is 0 Å². The van der Waals surface area contributed by atoms with Crippen molar-refractivity contribution in [3.05, 3.63) is 40.4 Å². The molecular weight excluding hydrogens is 276 g/mol. The summed E-state index contributed by atoms with van der Waals surface area (Å²) in [6.07, 6.45) is 1.70. The van der Waals surface area contributed by atoms with Crippen LogP contribution in [0.5, 0.6) is 0 Å². The SMILES string of the molecule is Cn1cc(Cl)cc1C(=O)NCc1cc(C(C)(C)C)n[nH]1. The number of aromatic nitrogens is 3. The molecule has 2 rings (SSSR count). The molecule has 0 bridgehead atoms. The molecule has 0 unspecified atom stereocenters. The second-order valence-corrected chi connectivity index (χ2v) is 6.30. The smallest absolute Gasteiger partial charge is 0.268 e. The predicted molar refractivity (Wildman–Crippen MR) is 78.9 cm³/mol. The summed E-state index contributed by atoms with van der Waals surface area (Å²) in [7, 11) is 1.79. The minimum atomic E-state index is -0.161. The molecule has 2 heterocycles. The Balaban J connectivity index is 2.00. The Morgan fingerprint density at radius 3 is 2.65 bits per heavy atom. The number of carbonyl (C=O) groups excluding carboxylic acids is 1. The van der Waals surface area contributed by atoms with Gasteiger partial charge >= 0.3 is 0 Å².